The quantitative estimate of drug-likeness (QED) is 0.434. The second-order valence-electron chi connectivity index (χ2n) is 10.2. The molecule has 1 aromatic rings. The molecule has 0 nitrogen and oxygen atoms in total. The van der Waals surface area contributed by atoms with Crippen molar-refractivity contribution >= 4 is 0 Å². The van der Waals surface area contributed by atoms with E-state index >= 15 is 0 Å². The van der Waals surface area contributed by atoms with Crippen LogP contribution in [0, 0.1) is 47.3 Å². The van der Waals surface area contributed by atoms with Gasteiger partial charge in [-0.25, -0.2) is 0 Å². The molecule has 0 heteroatoms. The van der Waals surface area contributed by atoms with Gasteiger partial charge in [-0.3, -0.25) is 0 Å². The van der Waals surface area contributed by atoms with Crippen LogP contribution in [-0.4, -0.2) is 0 Å². The minimum absolute atomic E-state index is 0.0511. The second-order valence-corrected chi connectivity index (χ2v) is 10.2. The Labute approximate surface area is 152 Å². The molecule has 0 aromatic heterocycles. The van der Waals surface area contributed by atoms with Crippen LogP contribution < -0.4 is 0 Å². The molecule has 0 amide bonds. The molecular weight excluding hydrogens is 288 g/mol. The molecule has 0 aliphatic carbocycles. The van der Waals surface area contributed by atoms with Gasteiger partial charge in [0.25, 0.3) is 0 Å². The lowest BCUT2D eigenvalue weighted by Gasteiger charge is -2.37. The van der Waals surface area contributed by atoms with Gasteiger partial charge >= 0.3 is 0 Å². The molecule has 0 unspecified atom stereocenters. The Bertz CT molecular complexity index is 507. The lowest BCUT2D eigenvalue weighted by molar-refractivity contribution is 0.192. The highest BCUT2D eigenvalue weighted by atomic mass is 14.4. The SMILES string of the molecule is CC(C)(C)C(C)(C)C#CC(C)(C)C(C)(C)C.Cc1ccc(C)cc1. The fraction of sp³-hybridized carbons (Fsp3) is 0.667. The third kappa shape index (κ3) is 7.12. The van der Waals surface area contributed by atoms with Gasteiger partial charge in [0.1, 0.15) is 0 Å². The van der Waals surface area contributed by atoms with Crippen LogP contribution in [0.25, 0.3) is 0 Å². The molecule has 0 aliphatic rings. The summed E-state index contributed by atoms with van der Waals surface area (Å²) in [5.41, 5.74) is 3.19. The molecule has 1 rings (SSSR count). The second kappa shape index (κ2) is 7.77. The highest BCUT2D eigenvalue weighted by molar-refractivity contribution is 5.20. The van der Waals surface area contributed by atoms with Crippen molar-refractivity contribution in [2.75, 3.05) is 0 Å². The van der Waals surface area contributed by atoms with Gasteiger partial charge in [0.05, 0.1) is 0 Å². The van der Waals surface area contributed by atoms with Crippen LogP contribution in [0.4, 0.5) is 0 Å². The smallest absolute Gasteiger partial charge is 0.0306 e. The summed E-state index contributed by atoms with van der Waals surface area (Å²) >= 11 is 0. The van der Waals surface area contributed by atoms with Gasteiger partial charge in [-0.15, -0.1) is 0 Å². The Morgan fingerprint density at radius 1 is 0.500 bits per heavy atom. The van der Waals surface area contributed by atoms with Gasteiger partial charge in [0, 0.05) is 10.8 Å². The molecule has 0 saturated heterocycles. The van der Waals surface area contributed by atoms with Crippen molar-refractivity contribution in [1.82, 2.24) is 0 Å². The van der Waals surface area contributed by atoms with Gasteiger partial charge < -0.3 is 0 Å². The Balaban J connectivity index is 0.000000546. The summed E-state index contributed by atoms with van der Waals surface area (Å²) in [6.45, 7) is 26.7. The van der Waals surface area contributed by atoms with E-state index in [2.05, 4.69) is 119 Å². The van der Waals surface area contributed by atoms with E-state index in [1.165, 1.54) is 11.1 Å². The van der Waals surface area contributed by atoms with E-state index in [1.807, 2.05) is 0 Å². The van der Waals surface area contributed by atoms with E-state index in [1.54, 1.807) is 0 Å². The topological polar surface area (TPSA) is 0 Å². The molecule has 0 N–H and O–H groups in total. The van der Waals surface area contributed by atoms with Crippen molar-refractivity contribution in [3.8, 4) is 11.8 Å². The molecule has 0 saturated carbocycles. The summed E-state index contributed by atoms with van der Waals surface area (Å²) in [5.74, 6) is 6.99. The van der Waals surface area contributed by atoms with Gasteiger partial charge in [0.15, 0.2) is 0 Å². The molecule has 0 radical (unpaired) electrons. The molecule has 0 bridgehead atoms. The largest absolute Gasteiger partial charge is 0.0959 e. The zero-order valence-corrected chi connectivity index (χ0v) is 18.3. The summed E-state index contributed by atoms with van der Waals surface area (Å²) in [5, 5.41) is 0. The molecule has 0 heterocycles. The predicted molar refractivity (Wildman–Crippen MR) is 110 cm³/mol. The molecule has 0 spiro atoms. The van der Waals surface area contributed by atoms with E-state index < -0.39 is 0 Å². The van der Waals surface area contributed by atoms with E-state index in [4.69, 9.17) is 0 Å². The molecule has 0 fully saturated rings. The maximum atomic E-state index is 3.50. The first-order valence-electron chi connectivity index (χ1n) is 9.07. The van der Waals surface area contributed by atoms with Gasteiger partial charge in [-0.1, -0.05) is 88.8 Å². The first-order chi connectivity index (χ1) is 10.5. The summed E-state index contributed by atoms with van der Waals surface area (Å²) in [7, 11) is 0. The zero-order valence-electron chi connectivity index (χ0n) is 18.3. The molecular formula is C24H40. The maximum absolute atomic E-state index is 3.50. The third-order valence-electron chi connectivity index (χ3n) is 5.66. The van der Waals surface area contributed by atoms with E-state index in [-0.39, 0.29) is 21.7 Å². The summed E-state index contributed by atoms with van der Waals surface area (Å²) in [6, 6.07) is 8.48. The monoisotopic (exact) mass is 328 g/mol. The summed E-state index contributed by atoms with van der Waals surface area (Å²) < 4.78 is 0. The Kier molecular flexibility index (Phi) is 7.38. The highest BCUT2D eigenvalue weighted by Gasteiger charge is 2.34. The minimum Gasteiger partial charge on any atom is -0.0959 e. The normalized spacial score (nSPS) is 12.7. The Hall–Kier alpha value is -1.22. The van der Waals surface area contributed by atoms with E-state index in [0.717, 1.165) is 0 Å². The van der Waals surface area contributed by atoms with Crippen LogP contribution in [-0.2, 0) is 0 Å². The molecule has 0 aliphatic heterocycles. The fourth-order valence-electron chi connectivity index (χ4n) is 1.32. The predicted octanol–water partition coefficient (Wildman–Crippen LogP) is 7.44. The van der Waals surface area contributed by atoms with Crippen molar-refractivity contribution in [2.24, 2.45) is 21.7 Å². The number of hydrogen-bond donors (Lipinski definition) is 0. The lowest BCUT2D eigenvalue weighted by atomic mass is 9.66. The van der Waals surface area contributed by atoms with Gasteiger partial charge in [-0.05, 0) is 52.4 Å². The minimum atomic E-state index is 0.0511. The summed E-state index contributed by atoms with van der Waals surface area (Å²) in [6.07, 6.45) is 0. The van der Waals surface area contributed by atoms with Crippen molar-refractivity contribution in [3.05, 3.63) is 35.4 Å². The molecule has 136 valence electrons. The average molecular weight is 329 g/mol. The molecule has 1 aromatic carbocycles. The van der Waals surface area contributed by atoms with Gasteiger partial charge in [0.2, 0.25) is 0 Å². The first-order valence-corrected chi connectivity index (χ1v) is 9.07. The molecule has 24 heavy (non-hydrogen) atoms. The highest BCUT2D eigenvalue weighted by Crippen LogP contribution is 2.40. The third-order valence-corrected chi connectivity index (χ3v) is 5.66. The number of aryl methyl sites for hydroxylation is 2. The van der Waals surface area contributed by atoms with Crippen molar-refractivity contribution in [1.29, 1.82) is 0 Å². The van der Waals surface area contributed by atoms with Crippen LogP contribution in [0.3, 0.4) is 0 Å². The van der Waals surface area contributed by atoms with Gasteiger partial charge in [-0.2, -0.15) is 0 Å². The summed E-state index contributed by atoms with van der Waals surface area (Å²) in [4.78, 5) is 0. The van der Waals surface area contributed by atoms with Crippen LogP contribution in [0.2, 0.25) is 0 Å². The lowest BCUT2D eigenvalue weighted by Crippen LogP contribution is -2.31. The van der Waals surface area contributed by atoms with Crippen molar-refractivity contribution < 1.29 is 0 Å². The number of hydrogen-bond acceptors (Lipinski definition) is 0. The van der Waals surface area contributed by atoms with E-state index in [0.29, 0.717) is 0 Å². The van der Waals surface area contributed by atoms with E-state index in [9.17, 15) is 0 Å². The first kappa shape index (κ1) is 22.8. The van der Waals surface area contributed by atoms with Crippen molar-refractivity contribution in [2.45, 2.75) is 83.1 Å². The standard InChI is InChI=1S/C16H30.C8H10/c1-13(2,3)15(7,8)11-12-16(9,10)14(4,5)6;1-7-3-5-8(2)6-4-7/h1-10H3;3-6H,1-2H3. The van der Waals surface area contributed by atoms with Crippen LogP contribution >= 0.6 is 0 Å². The van der Waals surface area contributed by atoms with Crippen LogP contribution in [0.1, 0.15) is 80.4 Å². The average Bonchev–Trinajstić information content (AvgIpc) is 2.38. The maximum Gasteiger partial charge on any atom is 0.0306 e. The molecule has 0 atom stereocenters. The van der Waals surface area contributed by atoms with Crippen LogP contribution in [0.5, 0.6) is 0 Å². The number of rotatable bonds is 0. The fourth-order valence-corrected chi connectivity index (χ4v) is 1.32. The zero-order chi connectivity index (χ0) is 19.4. The van der Waals surface area contributed by atoms with Crippen molar-refractivity contribution in [3.63, 3.8) is 0 Å². The number of benzene rings is 1. The van der Waals surface area contributed by atoms with Crippen LogP contribution in [0.15, 0.2) is 24.3 Å². The Morgan fingerprint density at radius 3 is 0.875 bits per heavy atom. The Morgan fingerprint density at radius 2 is 0.708 bits per heavy atom.